The van der Waals surface area contributed by atoms with Crippen LogP contribution in [-0.4, -0.2) is 58.1 Å². The molecule has 0 unspecified atom stereocenters. The Morgan fingerprint density at radius 2 is 1.88 bits per heavy atom. The number of nitrogens with one attached hydrogen (secondary N) is 1. The van der Waals surface area contributed by atoms with Crippen molar-refractivity contribution >= 4 is 28.4 Å². The fourth-order valence-corrected chi connectivity index (χ4v) is 3.99. The third-order valence-corrected chi connectivity index (χ3v) is 5.89. The molecule has 0 atom stereocenters. The topological polar surface area (TPSA) is 66.3 Å². The van der Waals surface area contributed by atoms with Crippen molar-refractivity contribution in [1.82, 2.24) is 19.7 Å². The number of alkyl halides is 3. The van der Waals surface area contributed by atoms with Crippen molar-refractivity contribution in [1.29, 1.82) is 0 Å². The molecule has 168 valence electrons. The average molecular weight is 448 g/mol. The summed E-state index contributed by atoms with van der Waals surface area (Å²) in [6.45, 7) is 1.16. The highest BCUT2D eigenvalue weighted by atomic mass is 19.4. The second-order valence-electron chi connectivity index (χ2n) is 8.11. The fraction of sp³-hybridized carbons (Fsp3) is 0.381. The van der Waals surface area contributed by atoms with Crippen LogP contribution in [0.15, 0.2) is 36.7 Å². The van der Waals surface area contributed by atoms with E-state index in [0.29, 0.717) is 35.5 Å². The van der Waals surface area contributed by atoms with E-state index >= 15 is 0 Å². The second kappa shape index (κ2) is 7.64. The summed E-state index contributed by atoms with van der Waals surface area (Å²) in [5.41, 5.74) is 1.47. The monoisotopic (exact) mass is 448 g/mol. The third kappa shape index (κ3) is 3.82. The number of rotatable bonds is 3. The van der Waals surface area contributed by atoms with Gasteiger partial charge in [0.2, 0.25) is 0 Å². The zero-order chi connectivity index (χ0) is 22.5. The van der Waals surface area contributed by atoms with Crippen LogP contribution < -0.4 is 10.2 Å². The van der Waals surface area contributed by atoms with Crippen molar-refractivity contribution in [2.45, 2.75) is 19.0 Å². The number of halogens is 4. The van der Waals surface area contributed by atoms with Gasteiger partial charge in [0.1, 0.15) is 11.5 Å². The molecule has 2 aliphatic rings. The van der Waals surface area contributed by atoms with Gasteiger partial charge in [-0.1, -0.05) is 0 Å². The van der Waals surface area contributed by atoms with Crippen LogP contribution in [0.3, 0.4) is 0 Å². The van der Waals surface area contributed by atoms with E-state index in [0.717, 1.165) is 12.8 Å². The highest BCUT2D eigenvalue weighted by Crippen LogP contribution is 2.36. The number of benzene rings is 1. The molecular weight excluding hydrogens is 428 g/mol. The van der Waals surface area contributed by atoms with Crippen LogP contribution in [0.25, 0.3) is 16.7 Å². The Kier molecular flexibility index (Phi) is 4.90. The first-order valence-electron chi connectivity index (χ1n) is 10.3. The molecule has 0 spiro atoms. The smallest absolute Gasteiger partial charge is 0.369 e. The van der Waals surface area contributed by atoms with Crippen molar-refractivity contribution in [3.05, 3.63) is 42.5 Å². The summed E-state index contributed by atoms with van der Waals surface area (Å²) in [5.74, 6) is -1.87. The average Bonchev–Trinajstić information content (AvgIpc) is 3.36. The van der Waals surface area contributed by atoms with E-state index in [9.17, 15) is 22.4 Å². The van der Waals surface area contributed by atoms with Crippen molar-refractivity contribution in [3.8, 4) is 5.69 Å². The lowest BCUT2D eigenvalue weighted by molar-refractivity contribution is -0.180. The Balaban J connectivity index is 1.37. The van der Waals surface area contributed by atoms with E-state index in [1.54, 1.807) is 22.1 Å². The Morgan fingerprint density at radius 1 is 1.12 bits per heavy atom. The quantitative estimate of drug-likeness (QED) is 0.611. The fourth-order valence-electron chi connectivity index (χ4n) is 3.99. The lowest BCUT2D eigenvalue weighted by Crippen LogP contribution is -2.53. The van der Waals surface area contributed by atoms with Gasteiger partial charge in [-0.25, -0.2) is 18.9 Å². The number of amides is 2. The molecule has 0 bridgehead atoms. The van der Waals surface area contributed by atoms with Gasteiger partial charge in [0, 0.05) is 43.4 Å². The number of nitrogens with zero attached hydrogens (tertiary/aromatic N) is 5. The van der Waals surface area contributed by atoms with Crippen LogP contribution in [0.2, 0.25) is 0 Å². The largest absolute Gasteiger partial charge is 0.395 e. The van der Waals surface area contributed by atoms with Crippen LogP contribution in [-0.2, 0) is 0 Å². The first-order valence-corrected chi connectivity index (χ1v) is 10.3. The zero-order valence-electron chi connectivity index (χ0n) is 16.9. The molecule has 3 aromatic rings. The first kappa shape index (κ1) is 20.5. The van der Waals surface area contributed by atoms with Gasteiger partial charge in [0.05, 0.1) is 17.8 Å². The minimum Gasteiger partial charge on any atom is -0.369 e. The van der Waals surface area contributed by atoms with Gasteiger partial charge in [-0.3, -0.25) is 0 Å². The van der Waals surface area contributed by atoms with Gasteiger partial charge in [0.15, 0.2) is 5.65 Å². The van der Waals surface area contributed by atoms with E-state index < -0.39 is 17.9 Å². The molecule has 2 aromatic heterocycles. The van der Waals surface area contributed by atoms with Gasteiger partial charge in [-0.15, -0.1) is 5.10 Å². The highest BCUT2D eigenvalue weighted by molar-refractivity contribution is 5.90. The molecule has 5 rings (SSSR count). The highest BCUT2D eigenvalue weighted by Gasteiger charge is 2.47. The number of carbonyl (C=O) groups is 1. The molecule has 0 aliphatic carbocycles. The Morgan fingerprint density at radius 3 is 2.59 bits per heavy atom. The SMILES string of the molecule is O=C(Nc1ccc(F)c(-n2cc3cc(N4CC(C(F)(F)F)C4)cnc3n2)c1)N1CCCC1. The van der Waals surface area contributed by atoms with Crippen LogP contribution >= 0.6 is 0 Å². The summed E-state index contributed by atoms with van der Waals surface area (Å²) in [6.07, 6.45) is 0.759. The van der Waals surface area contributed by atoms with Crippen LogP contribution in [0.5, 0.6) is 0 Å². The van der Waals surface area contributed by atoms with Crippen molar-refractivity contribution < 1.29 is 22.4 Å². The summed E-state index contributed by atoms with van der Waals surface area (Å²) in [5, 5.41) is 7.63. The summed E-state index contributed by atoms with van der Waals surface area (Å²) < 4.78 is 54.1. The van der Waals surface area contributed by atoms with E-state index in [4.69, 9.17) is 0 Å². The number of urea groups is 1. The molecule has 4 heterocycles. The van der Waals surface area contributed by atoms with Crippen molar-refractivity contribution in [2.75, 3.05) is 36.4 Å². The molecule has 2 aliphatic heterocycles. The summed E-state index contributed by atoms with van der Waals surface area (Å²) in [7, 11) is 0. The Labute approximate surface area is 180 Å². The van der Waals surface area contributed by atoms with Gasteiger partial charge in [-0.2, -0.15) is 13.2 Å². The zero-order valence-corrected chi connectivity index (χ0v) is 16.9. The minimum atomic E-state index is -4.20. The number of carbonyl (C=O) groups excluding carboxylic acids is 1. The van der Waals surface area contributed by atoms with E-state index in [1.165, 1.54) is 29.1 Å². The molecule has 2 amide bonds. The first-order chi connectivity index (χ1) is 15.3. The Hall–Kier alpha value is -3.37. The number of likely N-dealkylation sites (tertiary alicyclic amines) is 1. The maximum absolute atomic E-state index is 14.5. The van der Waals surface area contributed by atoms with Gasteiger partial charge < -0.3 is 15.1 Å². The molecule has 0 radical (unpaired) electrons. The van der Waals surface area contributed by atoms with Crippen molar-refractivity contribution in [3.63, 3.8) is 0 Å². The van der Waals surface area contributed by atoms with Crippen LogP contribution in [0.4, 0.5) is 33.7 Å². The molecule has 32 heavy (non-hydrogen) atoms. The number of anilines is 2. The maximum atomic E-state index is 14.5. The molecule has 11 heteroatoms. The number of hydrogen-bond donors (Lipinski definition) is 1. The maximum Gasteiger partial charge on any atom is 0.395 e. The number of fused-ring (bicyclic) bond motifs is 1. The predicted molar refractivity (Wildman–Crippen MR) is 110 cm³/mol. The van der Waals surface area contributed by atoms with E-state index in [-0.39, 0.29) is 24.8 Å². The van der Waals surface area contributed by atoms with Crippen LogP contribution in [0, 0.1) is 11.7 Å². The molecular formula is C21H20F4N6O. The van der Waals surface area contributed by atoms with E-state index in [2.05, 4.69) is 15.4 Å². The molecule has 1 N–H and O–H groups in total. The molecule has 0 saturated carbocycles. The van der Waals surface area contributed by atoms with Gasteiger partial charge in [0.25, 0.3) is 0 Å². The number of pyridine rings is 1. The lowest BCUT2D eigenvalue weighted by Gasteiger charge is -2.41. The third-order valence-electron chi connectivity index (χ3n) is 5.89. The van der Waals surface area contributed by atoms with E-state index in [1.807, 2.05) is 0 Å². The predicted octanol–water partition coefficient (Wildman–Crippen LogP) is 4.19. The standard InChI is InChI=1S/C21H20F4N6O/c22-17-4-3-15(27-20(32)29-5-1-2-6-29)8-18(17)31-10-13-7-16(9-26-19(13)28-31)30-11-14(12-30)21(23,24)25/h3-4,7-10,14H,1-2,5-6,11-12H2,(H,27,32). The molecule has 2 fully saturated rings. The summed E-state index contributed by atoms with van der Waals surface area (Å²) >= 11 is 0. The van der Waals surface area contributed by atoms with Crippen LogP contribution in [0.1, 0.15) is 12.8 Å². The molecule has 1 aromatic carbocycles. The summed E-state index contributed by atoms with van der Waals surface area (Å²) in [6, 6.07) is 5.67. The minimum absolute atomic E-state index is 0.113. The lowest BCUT2D eigenvalue weighted by atomic mass is 9.99. The normalized spacial score (nSPS) is 17.1. The Bertz CT molecular complexity index is 1160. The van der Waals surface area contributed by atoms with Gasteiger partial charge in [-0.05, 0) is 37.1 Å². The summed E-state index contributed by atoms with van der Waals surface area (Å²) in [4.78, 5) is 19.8. The number of hydrogen-bond acceptors (Lipinski definition) is 4. The van der Waals surface area contributed by atoms with Gasteiger partial charge >= 0.3 is 12.2 Å². The number of aromatic nitrogens is 3. The van der Waals surface area contributed by atoms with Crippen molar-refractivity contribution in [2.24, 2.45) is 5.92 Å². The molecule has 7 nitrogen and oxygen atoms in total. The second-order valence-corrected chi connectivity index (χ2v) is 8.11. The molecule has 2 saturated heterocycles.